The van der Waals surface area contributed by atoms with Crippen molar-refractivity contribution < 1.29 is 9.53 Å². The molecule has 4 heteroatoms. The zero-order valence-corrected chi connectivity index (χ0v) is 12.9. The Kier molecular flexibility index (Phi) is 4.84. The van der Waals surface area contributed by atoms with Crippen molar-refractivity contribution in [2.45, 2.75) is 33.0 Å². The predicted octanol–water partition coefficient (Wildman–Crippen LogP) is 3.30. The molecule has 0 spiro atoms. The fourth-order valence-electron chi connectivity index (χ4n) is 2.34. The molecular weight excluding hydrogens is 274 g/mol. The van der Waals surface area contributed by atoms with Gasteiger partial charge in [-0.15, -0.1) is 0 Å². The Labute approximate surface area is 125 Å². The Morgan fingerprint density at radius 3 is 2.60 bits per heavy atom. The van der Waals surface area contributed by atoms with Crippen molar-refractivity contribution in [2.75, 3.05) is 13.1 Å². The van der Waals surface area contributed by atoms with Crippen LogP contribution in [0.15, 0.2) is 24.3 Å². The van der Waals surface area contributed by atoms with Crippen LogP contribution in [0.5, 0.6) is 0 Å². The molecule has 1 aliphatic heterocycles. The summed E-state index contributed by atoms with van der Waals surface area (Å²) in [6, 6.07) is 5.77. The molecule has 1 saturated heterocycles. The second-order valence-corrected chi connectivity index (χ2v) is 5.75. The average Bonchev–Trinajstić information content (AvgIpc) is 2.38. The lowest BCUT2D eigenvalue weighted by molar-refractivity contribution is -0.137. The minimum atomic E-state index is 0.0173. The van der Waals surface area contributed by atoms with Gasteiger partial charge in [-0.1, -0.05) is 23.7 Å². The van der Waals surface area contributed by atoms with Crippen LogP contribution in [-0.4, -0.2) is 36.1 Å². The Morgan fingerprint density at radius 2 is 2.00 bits per heavy atom. The van der Waals surface area contributed by atoms with Crippen LogP contribution in [-0.2, 0) is 9.53 Å². The Balaban J connectivity index is 2.03. The summed E-state index contributed by atoms with van der Waals surface area (Å²) in [7, 11) is 0. The van der Waals surface area contributed by atoms with Gasteiger partial charge in [0.25, 0.3) is 0 Å². The Morgan fingerprint density at radius 1 is 1.35 bits per heavy atom. The quantitative estimate of drug-likeness (QED) is 0.783. The standard InChI is InChI=1S/C16H20ClNO2/c1-11-4-5-14(8-15(11)17)6-7-16(19)18-9-12(2)20-13(3)10-18/h4-8,12-13H,9-10H2,1-3H3/b7-6+. The molecular formula is C16H20ClNO2. The van der Waals surface area contributed by atoms with E-state index in [4.69, 9.17) is 16.3 Å². The number of aryl methyl sites for hydroxylation is 1. The molecule has 3 nitrogen and oxygen atoms in total. The van der Waals surface area contributed by atoms with E-state index < -0.39 is 0 Å². The topological polar surface area (TPSA) is 29.5 Å². The fourth-order valence-corrected chi connectivity index (χ4v) is 2.53. The van der Waals surface area contributed by atoms with E-state index in [0.29, 0.717) is 18.1 Å². The molecule has 1 heterocycles. The summed E-state index contributed by atoms with van der Waals surface area (Å²) in [5.41, 5.74) is 1.97. The molecule has 1 aliphatic rings. The molecule has 0 saturated carbocycles. The molecule has 0 aliphatic carbocycles. The number of hydrogen-bond donors (Lipinski definition) is 0. The zero-order valence-electron chi connectivity index (χ0n) is 12.1. The van der Waals surface area contributed by atoms with E-state index in [-0.39, 0.29) is 18.1 Å². The number of hydrogen-bond acceptors (Lipinski definition) is 2. The van der Waals surface area contributed by atoms with E-state index in [1.807, 2.05) is 43.9 Å². The number of benzene rings is 1. The fraction of sp³-hybridized carbons (Fsp3) is 0.438. The molecule has 1 fully saturated rings. The Bertz CT molecular complexity index is 517. The van der Waals surface area contributed by atoms with Crippen LogP contribution in [0.25, 0.3) is 6.08 Å². The highest BCUT2D eigenvalue weighted by atomic mass is 35.5. The highest BCUT2D eigenvalue weighted by Crippen LogP contribution is 2.18. The van der Waals surface area contributed by atoms with Gasteiger partial charge < -0.3 is 9.64 Å². The summed E-state index contributed by atoms with van der Waals surface area (Å²) in [4.78, 5) is 14.0. The second kappa shape index (κ2) is 6.42. The molecule has 0 aromatic heterocycles. The molecule has 1 amide bonds. The number of rotatable bonds is 2. The maximum Gasteiger partial charge on any atom is 0.246 e. The van der Waals surface area contributed by atoms with Crippen LogP contribution in [0.4, 0.5) is 0 Å². The van der Waals surface area contributed by atoms with Crippen LogP contribution in [0, 0.1) is 6.92 Å². The van der Waals surface area contributed by atoms with Crippen LogP contribution in [0.2, 0.25) is 5.02 Å². The van der Waals surface area contributed by atoms with Crippen LogP contribution in [0.3, 0.4) is 0 Å². The first-order valence-electron chi connectivity index (χ1n) is 6.84. The summed E-state index contributed by atoms with van der Waals surface area (Å²) < 4.78 is 5.62. The van der Waals surface area contributed by atoms with Crippen LogP contribution >= 0.6 is 11.6 Å². The van der Waals surface area contributed by atoms with E-state index in [0.717, 1.165) is 11.1 Å². The summed E-state index contributed by atoms with van der Waals surface area (Å²) in [6.07, 6.45) is 3.58. The first-order chi connectivity index (χ1) is 9.45. The van der Waals surface area contributed by atoms with Crippen molar-refractivity contribution >= 4 is 23.6 Å². The SMILES string of the molecule is Cc1ccc(/C=C/C(=O)N2CC(C)OC(C)C2)cc1Cl. The van der Waals surface area contributed by atoms with Crippen LogP contribution in [0.1, 0.15) is 25.0 Å². The molecule has 108 valence electrons. The van der Waals surface area contributed by atoms with E-state index in [1.165, 1.54) is 0 Å². The lowest BCUT2D eigenvalue weighted by Gasteiger charge is -2.34. The van der Waals surface area contributed by atoms with Gasteiger partial charge in [-0.3, -0.25) is 4.79 Å². The monoisotopic (exact) mass is 293 g/mol. The van der Waals surface area contributed by atoms with Crippen molar-refractivity contribution in [3.63, 3.8) is 0 Å². The summed E-state index contributed by atoms with van der Waals surface area (Å²) in [6.45, 7) is 7.21. The first kappa shape index (κ1) is 15.1. The maximum atomic E-state index is 12.2. The third kappa shape index (κ3) is 3.84. The first-order valence-corrected chi connectivity index (χ1v) is 7.22. The van der Waals surface area contributed by atoms with Crippen molar-refractivity contribution in [2.24, 2.45) is 0 Å². The molecule has 0 bridgehead atoms. The molecule has 2 unspecified atom stereocenters. The second-order valence-electron chi connectivity index (χ2n) is 5.34. The van der Waals surface area contributed by atoms with Gasteiger partial charge in [0.05, 0.1) is 12.2 Å². The minimum absolute atomic E-state index is 0.0173. The van der Waals surface area contributed by atoms with Crippen molar-refractivity contribution in [3.05, 3.63) is 40.4 Å². The molecule has 0 N–H and O–H groups in total. The number of halogens is 1. The summed E-state index contributed by atoms with van der Waals surface area (Å²) >= 11 is 6.07. The van der Waals surface area contributed by atoms with Gasteiger partial charge in [0.1, 0.15) is 0 Å². The molecule has 20 heavy (non-hydrogen) atoms. The lowest BCUT2D eigenvalue weighted by atomic mass is 10.1. The van der Waals surface area contributed by atoms with Gasteiger partial charge in [-0.2, -0.15) is 0 Å². The van der Waals surface area contributed by atoms with Crippen molar-refractivity contribution in [1.82, 2.24) is 4.90 Å². The third-order valence-electron chi connectivity index (χ3n) is 3.35. The van der Waals surface area contributed by atoms with Gasteiger partial charge >= 0.3 is 0 Å². The van der Waals surface area contributed by atoms with Gasteiger partial charge in [0, 0.05) is 24.2 Å². The van der Waals surface area contributed by atoms with Crippen molar-refractivity contribution in [3.8, 4) is 0 Å². The van der Waals surface area contributed by atoms with E-state index in [2.05, 4.69) is 0 Å². The number of morpholine rings is 1. The lowest BCUT2D eigenvalue weighted by Crippen LogP contribution is -2.47. The zero-order chi connectivity index (χ0) is 14.7. The van der Waals surface area contributed by atoms with Crippen molar-refractivity contribution in [1.29, 1.82) is 0 Å². The number of nitrogens with zero attached hydrogens (tertiary/aromatic N) is 1. The highest BCUT2D eigenvalue weighted by molar-refractivity contribution is 6.31. The minimum Gasteiger partial charge on any atom is -0.372 e. The van der Waals surface area contributed by atoms with Gasteiger partial charge in [-0.25, -0.2) is 0 Å². The third-order valence-corrected chi connectivity index (χ3v) is 3.75. The number of ether oxygens (including phenoxy) is 1. The van der Waals surface area contributed by atoms with E-state index in [1.54, 1.807) is 12.2 Å². The van der Waals surface area contributed by atoms with Gasteiger partial charge in [-0.05, 0) is 44.0 Å². The molecule has 2 atom stereocenters. The predicted molar refractivity (Wildman–Crippen MR) is 81.8 cm³/mol. The summed E-state index contributed by atoms with van der Waals surface area (Å²) in [5, 5.41) is 0.716. The van der Waals surface area contributed by atoms with E-state index >= 15 is 0 Å². The number of carbonyl (C=O) groups is 1. The normalized spacial score (nSPS) is 23.3. The smallest absolute Gasteiger partial charge is 0.246 e. The largest absolute Gasteiger partial charge is 0.372 e. The Hall–Kier alpha value is -1.32. The average molecular weight is 294 g/mol. The molecule has 0 radical (unpaired) electrons. The highest BCUT2D eigenvalue weighted by Gasteiger charge is 2.24. The van der Waals surface area contributed by atoms with Gasteiger partial charge in [0.2, 0.25) is 5.91 Å². The molecule has 1 aromatic rings. The van der Waals surface area contributed by atoms with Crippen LogP contribution < -0.4 is 0 Å². The van der Waals surface area contributed by atoms with E-state index in [9.17, 15) is 4.79 Å². The van der Waals surface area contributed by atoms with Gasteiger partial charge in [0.15, 0.2) is 0 Å². The number of carbonyl (C=O) groups excluding carboxylic acids is 1. The maximum absolute atomic E-state index is 12.2. The molecule has 1 aromatic carbocycles. The summed E-state index contributed by atoms with van der Waals surface area (Å²) in [5.74, 6) is 0.0173. The molecule has 2 rings (SSSR count). The number of amides is 1.